The highest BCUT2D eigenvalue weighted by Gasteiger charge is 2.12. The molecule has 0 saturated heterocycles. The molecule has 2 rings (SSSR count). The number of allylic oxidation sites excluding steroid dienone is 1. The van der Waals surface area contributed by atoms with Crippen LogP contribution >= 0.6 is 0 Å². The minimum atomic E-state index is 0.454. The maximum atomic E-state index is 4.59. The van der Waals surface area contributed by atoms with Gasteiger partial charge in [-0.25, -0.2) is 15.0 Å². The zero-order valence-electron chi connectivity index (χ0n) is 10.6. The lowest BCUT2D eigenvalue weighted by Gasteiger charge is -2.14. The minimum Gasteiger partial charge on any atom is -0.311 e. The van der Waals surface area contributed by atoms with E-state index in [9.17, 15) is 0 Å². The largest absolute Gasteiger partial charge is 0.311 e. The molecule has 0 N–H and O–H groups in total. The number of imidazole rings is 1. The first-order valence-electron chi connectivity index (χ1n) is 6.12. The van der Waals surface area contributed by atoms with Gasteiger partial charge in [0.2, 0.25) is 0 Å². The number of fused-ring (bicyclic) bond motifs is 1. The maximum absolute atomic E-state index is 4.59. The lowest BCUT2D eigenvalue weighted by Crippen LogP contribution is -2.06. The molecule has 0 radical (unpaired) electrons. The number of hydrogen-bond donors (Lipinski definition) is 0. The molecule has 0 unspecified atom stereocenters. The van der Waals surface area contributed by atoms with E-state index in [1.165, 1.54) is 0 Å². The molecule has 0 amide bonds. The van der Waals surface area contributed by atoms with E-state index in [-0.39, 0.29) is 0 Å². The fraction of sp³-hybridized carbons (Fsp3) is 0.462. The van der Waals surface area contributed by atoms with Crippen LogP contribution in [-0.2, 0) is 0 Å². The highest BCUT2D eigenvalue weighted by molar-refractivity contribution is 5.67. The molecule has 4 nitrogen and oxygen atoms in total. The zero-order valence-corrected chi connectivity index (χ0v) is 10.6. The summed E-state index contributed by atoms with van der Waals surface area (Å²) in [5.74, 6) is 0. The molecule has 0 bridgehead atoms. The maximum Gasteiger partial charge on any atom is 0.197 e. The lowest BCUT2D eigenvalue weighted by atomic mass is 10.2. The Morgan fingerprint density at radius 3 is 2.71 bits per heavy atom. The van der Waals surface area contributed by atoms with Crippen LogP contribution in [-0.4, -0.2) is 19.5 Å². The molecule has 17 heavy (non-hydrogen) atoms. The van der Waals surface area contributed by atoms with Gasteiger partial charge < -0.3 is 4.57 Å². The Morgan fingerprint density at radius 1 is 1.29 bits per heavy atom. The molecule has 2 heterocycles. The highest BCUT2D eigenvalue weighted by Crippen LogP contribution is 2.20. The molecule has 2 aromatic rings. The van der Waals surface area contributed by atoms with E-state index >= 15 is 0 Å². The van der Waals surface area contributed by atoms with Crippen LogP contribution in [0, 0.1) is 0 Å². The number of rotatable bonds is 4. The van der Waals surface area contributed by atoms with Gasteiger partial charge in [0.1, 0.15) is 0 Å². The number of nitrogens with zero attached hydrogens (tertiary/aromatic N) is 4. The molecule has 0 aromatic carbocycles. The van der Waals surface area contributed by atoms with Crippen molar-refractivity contribution >= 4 is 17.4 Å². The Balaban J connectivity index is 2.53. The average molecular weight is 230 g/mol. The first-order valence-corrected chi connectivity index (χ1v) is 6.12. The Labute approximate surface area is 101 Å². The summed E-state index contributed by atoms with van der Waals surface area (Å²) in [6, 6.07) is 0.454. The molecule has 0 aliphatic carbocycles. The topological polar surface area (TPSA) is 43.6 Å². The molecule has 0 saturated carbocycles. The van der Waals surface area contributed by atoms with Crippen LogP contribution in [0.4, 0.5) is 0 Å². The third-order valence-electron chi connectivity index (χ3n) is 2.98. The SMILES string of the molecule is C/C=C\c1cnc2ncn(C(CC)CC)c2n1. The predicted molar refractivity (Wildman–Crippen MR) is 69.7 cm³/mol. The molecule has 90 valence electrons. The van der Waals surface area contributed by atoms with Crippen LogP contribution in [0.15, 0.2) is 18.6 Å². The predicted octanol–water partition coefficient (Wildman–Crippen LogP) is 3.22. The average Bonchev–Trinajstić information content (AvgIpc) is 2.75. The fourth-order valence-corrected chi connectivity index (χ4v) is 2.02. The Hall–Kier alpha value is -1.71. The normalized spacial score (nSPS) is 12.0. The van der Waals surface area contributed by atoms with Gasteiger partial charge in [-0.05, 0) is 25.8 Å². The van der Waals surface area contributed by atoms with Crippen molar-refractivity contribution in [3.05, 3.63) is 24.3 Å². The van der Waals surface area contributed by atoms with Crippen molar-refractivity contribution in [1.82, 2.24) is 19.5 Å². The summed E-state index contributed by atoms with van der Waals surface area (Å²) < 4.78 is 2.13. The van der Waals surface area contributed by atoms with Gasteiger partial charge in [-0.2, -0.15) is 0 Å². The number of hydrogen-bond acceptors (Lipinski definition) is 3. The van der Waals surface area contributed by atoms with Crippen molar-refractivity contribution in [3.63, 3.8) is 0 Å². The van der Waals surface area contributed by atoms with Gasteiger partial charge in [0.25, 0.3) is 0 Å². The molecule has 0 fully saturated rings. The van der Waals surface area contributed by atoms with Crippen molar-refractivity contribution < 1.29 is 0 Å². The number of aromatic nitrogens is 4. The van der Waals surface area contributed by atoms with Gasteiger partial charge in [0.15, 0.2) is 11.3 Å². The van der Waals surface area contributed by atoms with E-state index in [4.69, 9.17) is 0 Å². The fourth-order valence-electron chi connectivity index (χ4n) is 2.02. The van der Waals surface area contributed by atoms with E-state index in [1.54, 1.807) is 6.20 Å². The van der Waals surface area contributed by atoms with Crippen molar-refractivity contribution in [2.45, 2.75) is 39.7 Å². The molecule has 0 atom stereocenters. The zero-order chi connectivity index (χ0) is 12.3. The first kappa shape index (κ1) is 11.8. The molecule has 0 spiro atoms. The molecular formula is C13H18N4. The van der Waals surface area contributed by atoms with Crippen LogP contribution < -0.4 is 0 Å². The molecule has 4 heteroatoms. The van der Waals surface area contributed by atoms with Gasteiger partial charge in [-0.3, -0.25) is 0 Å². The van der Waals surface area contributed by atoms with Crippen LogP contribution in [0.1, 0.15) is 45.3 Å². The lowest BCUT2D eigenvalue weighted by molar-refractivity contribution is 0.480. The Bertz CT molecular complexity index is 523. The second kappa shape index (κ2) is 5.08. The molecule has 2 aromatic heterocycles. The van der Waals surface area contributed by atoms with Crippen LogP contribution in [0.25, 0.3) is 17.4 Å². The van der Waals surface area contributed by atoms with Crippen molar-refractivity contribution in [3.8, 4) is 0 Å². The van der Waals surface area contributed by atoms with Crippen molar-refractivity contribution in [2.24, 2.45) is 0 Å². The molecule has 0 aliphatic heterocycles. The van der Waals surface area contributed by atoms with Gasteiger partial charge in [0.05, 0.1) is 18.2 Å². The summed E-state index contributed by atoms with van der Waals surface area (Å²) in [6.07, 6.45) is 9.69. The van der Waals surface area contributed by atoms with Crippen LogP contribution in [0.3, 0.4) is 0 Å². The van der Waals surface area contributed by atoms with Crippen LogP contribution in [0.5, 0.6) is 0 Å². The van der Waals surface area contributed by atoms with Gasteiger partial charge in [-0.1, -0.05) is 19.9 Å². The van der Waals surface area contributed by atoms with E-state index in [0.29, 0.717) is 6.04 Å². The molecular weight excluding hydrogens is 212 g/mol. The van der Waals surface area contributed by atoms with Gasteiger partial charge in [-0.15, -0.1) is 0 Å². The van der Waals surface area contributed by atoms with Crippen molar-refractivity contribution in [1.29, 1.82) is 0 Å². The third kappa shape index (κ3) is 2.20. The van der Waals surface area contributed by atoms with Crippen LogP contribution in [0.2, 0.25) is 0 Å². The standard InChI is InChI=1S/C13H18N4/c1-4-7-10-8-14-12-13(16-10)17(9-15-12)11(5-2)6-3/h4,7-9,11H,5-6H2,1-3H3/b7-4-. The van der Waals surface area contributed by atoms with E-state index in [1.807, 2.05) is 25.4 Å². The second-order valence-electron chi connectivity index (χ2n) is 4.06. The monoisotopic (exact) mass is 230 g/mol. The smallest absolute Gasteiger partial charge is 0.197 e. The van der Waals surface area contributed by atoms with Crippen molar-refractivity contribution in [2.75, 3.05) is 0 Å². The summed E-state index contributed by atoms with van der Waals surface area (Å²) >= 11 is 0. The van der Waals surface area contributed by atoms with Gasteiger partial charge in [0, 0.05) is 6.04 Å². The third-order valence-corrected chi connectivity index (χ3v) is 2.98. The molecule has 0 aliphatic rings. The Morgan fingerprint density at radius 2 is 2.06 bits per heavy atom. The summed E-state index contributed by atoms with van der Waals surface area (Å²) in [7, 11) is 0. The quantitative estimate of drug-likeness (QED) is 0.810. The van der Waals surface area contributed by atoms with Gasteiger partial charge >= 0.3 is 0 Å². The first-order chi connectivity index (χ1) is 8.30. The minimum absolute atomic E-state index is 0.454. The highest BCUT2D eigenvalue weighted by atomic mass is 15.1. The summed E-state index contributed by atoms with van der Waals surface area (Å²) in [4.78, 5) is 13.2. The second-order valence-corrected chi connectivity index (χ2v) is 4.06. The van der Waals surface area contributed by atoms with E-state index in [0.717, 1.165) is 29.8 Å². The summed E-state index contributed by atoms with van der Waals surface area (Å²) in [5, 5.41) is 0. The van der Waals surface area contributed by atoms with E-state index in [2.05, 4.69) is 33.4 Å². The van der Waals surface area contributed by atoms with E-state index < -0.39 is 0 Å². The summed E-state index contributed by atoms with van der Waals surface area (Å²) in [6.45, 7) is 6.34. The summed E-state index contributed by atoms with van der Waals surface area (Å²) in [5.41, 5.74) is 2.49. The Kier molecular flexibility index (Phi) is 3.52.